The van der Waals surface area contributed by atoms with Crippen molar-refractivity contribution in [2.45, 2.75) is 0 Å². The third-order valence-electron chi connectivity index (χ3n) is 1.28. The molecule has 0 N–H and O–H groups in total. The Morgan fingerprint density at radius 1 is 1.36 bits per heavy atom. The Kier molecular flexibility index (Phi) is 3.66. The van der Waals surface area contributed by atoms with E-state index < -0.39 is 0 Å². The summed E-state index contributed by atoms with van der Waals surface area (Å²) in [5, 5.41) is 0. The molecule has 0 aromatic heterocycles. The lowest BCUT2D eigenvalue weighted by Gasteiger charge is -1.95. The molecule has 3 heteroatoms. The molecule has 0 radical (unpaired) electrons. The Labute approximate surface area is 77.4 Å². The topological polar surface area (TPSA) is 17.1 Å². The van der Waals surface area contributed by atoms with Crippen LogP contribution in [0.3, 0.4) is 0 Å². The predicted molar refractivity (Wildman–Crippen MR) is 52.2 cm³/mol. The molecule has 11 heavy (non-hydrogen) atoms. The second-order valence-electron chi connectivity index (χ2n) is 2.04. The van der Waals surface area contributed by atoms with Gasteiger partial charge in [-0.3, -0.25) is 4.79 Å². The van der Waals surface area contributed by atoms with Gasteiger partial charge in [0.05, 0.1) is 5.75 Å². The molecule has 1 rings (SSSR count). The van der Waals surface area contributed by atoms with E-state index in [-0.39, 0.29) is 5.78 Å². The van der Waals surface area contributed by atoms with Gasteiger partial charge in [-0.05, 0) is 14.8 Å². The summed E-state index contributed by atoms with van der Waals surface area (Å²) in [4.78, 5) is 11.2. The molecule has 0 aliphatic rings. The number of hydrogen-bond donors (Lipinski definition) is 0. The highest BCUT2D eigenvalue weighted by Crippen LogP contribution is 2.12. The number of benzene rings is 1. The van der Waals surface area contributed by atoms with Crippen molar-refractivity contribution in [1.82, 2.24) is 0 Å². The second kappa shape index (κ2) is 4.57. The van der Waals surface area contributed by atoms with Crippen LogP contribution in [0.15, 0.2) is 30.3 Å². The monoisotopic (exact) mass is 230 g/mol. The number of carbonyl (C=O) groups excluding carboxylic acids is 1. The lowest BCUT2D eigenvalue weighted by Crippen LogP contribution is -1.99. The lowest BCUT2D eigenvalue weighted by atomic mass is 10.2. The first-order valence-electron chi connectivity index (χ1n) is 3.16. The molecule has 58 valence electrons. The first kappa shape index (κ1) is 8.81. The number of Topliss-reactive ketones (excluding diaryl/α,β-unsaturated/α-hetero) is 1. The summed E-state index contributed by atoms with van der Waals surface area (Å²) >= 11 is 3.14. The highest BCUT2D eigenvalue weighted by atomic mass is 79.9. The summed E-state index contributed by atoms with van der Waals surface area (Å²) in [5.74, 6) is 0.650. The predicted octanol–water partition coefficient (Wildman–Crippen LogP) is 2.91. The normalized spacial score (nSPS) is 9.55. The zero-order valence-corrected chi connectivity index (χ0v) is 8.19. The first-order valence-corrected chi connectivity index (χ1v) is 5.99. The first-order chi connectivity index (χ1) is 5.34. The quantitative estimate of drug-likeness (QED) is 0.744. The van der Waals surface area contributed by atoms with Gasteiger partial charge in [0.25, 0.3) is 0 Å². The molecule has 0 heterocycles. The summed E-state index contributed by atoms with van der Waals surface area (Å²) in [5.41, 5.74) is 0.777. The molecule has 0 aliphatic heterocycles. The van der Waals surface area contributed by atoms with Gasteiger partial charge in [-0.25, -0.2) is 0 Å². The Balaban J connectivity index is 2.69. The van der Waals surface area contributed by atoms with Crippen LogP contribution in [0, 0.1) is 0 Å². The maximum atomic E-state index is 11.2. The standard InChI is InChI=1S/C8H7BrOS/c9-11-6-8(10)7-4-2-1-3-5-7/h1-5H,6H2. The molecule has 0 amide bonds. The third kappa shape index (κ3) is 2.67. The van der Waals surface area contributed by atoms with E-state index in [1.807, 2.05) is 30.3 Å². The maximum Gasteiger partial charge on any atom is 0.173 e. The summed E-state index contributed by atoms with van der Waals surface area (Å²) < 4.78 is 0. The van der Waals surface area contributed by atoms with E-state index in [0.29, 0.717) is 5.75 Å². The van der Waals surface area contributed by atoms with Crippen molar-refractivity contribution >= 4 is 30.8 Å². The maximum absolute atomic E-state index is 11.2. The van der Waals surface area contributed by atoms with Crippen LogP contribution < -0.4 is 0 Å². The van der Waals surface area contributed by atoms with Gasteiger partial charge in [0.2, 0.25) is 0 Å². The average molecular weight is 231 g/mol. The van der Waals surface area contributed by atoms with E-state index >= 15 is 0 Å². The molecule has 0 fully saturated rings. The van der Waals surface area contributed by atoms with Crippen molar-refractivity contribution < 1.29 is 4.79 Å². The number of rotatable bonds is 3. The Hall–Kier alpha value is -0.280. The van der Waals surface area contributed by atoms with Gasteiger partial charge in [-0.2, -0.15) is 0 Å². The van der Waals surface area contributed by atoms with E-state index in [1.165, 1.54) is 10.2 Å². The fourth-order valence-corrected chi connectivity index (χ4v) is 1.65. The van der Waals surface area contributed by atoms with Crippen LogP contribution in [-0.2, 0) is 0 Å². The molecule has 1 aromatic rings. The largest absolute Gasteiger partial charge is 0.293 e. The fourth-order valence-electron chi connectivity index (χ4n) is 0.757. The number of halogens is 1. The third-order valence-corrected chi connectivity index (χ3v) is 2.34. The van der Waals surface area contributed by atoms with Crippen molar-refractivity contribution in [3.05, 3.63) is 35.9 Å². The minimum absolute atomic E-state index is 0.160. The summed E-state index contributed by atoms with van der Waals surface area (Å²) in [6, 6.07) is 9.29. The minimum Gasteiger partial charge on any atom is -0.293 e. The van der Waals surface area contributed by atoms with Gasteiger partial charge in [0.15, 0.2) is 5.78 Å². The van der Waals surface area contributed by atoms with E-state index in [9.17, 15) is 4.79 Å². The molecule has 0 bridgehead atoms. The highest BCUT2D eigenvalue weighted by molar-refractivity contribution is 9.50. The number of hydrogen-bond acceptors (Lipinski definition) is 2. The Morgan fingerprint density at radius 3 is 2.55 bits per heavy atom. The summed E-state index contributed by atoms with van der Waals surface area (Å²) in [6.45, 7) is 0. The molecular formula is C8H7BrOS. The van der Waals surface area contributed by atoms with Crippen LogP contribution in [0.25, 0.3) is 0 Å². The van der Waals surface area contributed by atoms with Gasteiger partial charge in [-0.15, -0.1) is 0 Å². The molecule has 0 spiro atoms. The Morgan fingerprint density at radius 2 is 2.00 bits per heavy atom. The fraction of sp³-hybridized carbons (Fsp3) is 0.125. The van der Waals surface area contributed by atoms with Crippen LogP contribution in [0.2, 0.25) is 0 Å². The minimum atomic E-state index is 0.160. The van der Waals surface area contributed by atoms with E-state index in [0.717, 1.165) is 5.56 Å². The summed E-state index contributed by atoms with van der Waals surface area (Å²) in [6.07, 6.45) is 0. The molecule has 1 nitrogen and oxygen atoms in total. The van der Waals surface area contributed by atoms with Crippen LogP contribution in [-0.4, -0.2) is 11.5 Å². The van der Waals surface area contributed by atoms with E-state index in [2.05, 4.69) is 14.8 Å². The van der Waals surface area contributed by atoms with Crippen LogP contribution >= 0.6 is 25.0 Å². The van der Waals surface area contributed by atoms with Crippen molar-refractivity contribution in [2.75, 3.05) is 5.75 Å². The van der Waals surface area contributed by atoms with Crippen LogP contribution in [0.1, 0.15) is 10.4 Å². The van der Waals surface area contributed by atoms with Crippen LogP contribution in [0.4, 0.5) is 0 Å². The average Bonchev–Trinajstić information content (AvgIpc) is 2.07. The smallest absolute Gasteiger partial charge is 0.173 e. The van der Waals surface area contributed by atoms with Gasteiger partial charge in [0.1, 0.15) is 0 Å². The number of ketones is 1. The molecule has 0 atom stereocenters. The lowest BCUT2D eigenvalue weighted by molar-refractivity contribution is 0.102. The molecule has 0 saturated heterocycles. The number of carbonyl (C=O) groups is 1. The van der Waals surface area contributed by atoms with Crippen LogP contribution in [0.5, 0.6) is 0 Å². The van der Waals surface area contributed by atoms with Crippen molar-refractivity contribution in [3.63, 3.8) is 0 Å². The van der Waals surface area contributed by atoms with Crippen molar-refractivity contribution in [1.29, 1.82) is 0 Å². The van der Waals surface area contributed by atoms with Crippen molar-refractivity contribution in [2.24, 2.45) is 0 Å². The zero-order chi connectivity index (χ0) is 8.10. The zero-order valence-electron chi connectivity index (χ0n) is 5.79. The van der Waals surface area contributed by atoms with E-state index in [1.54, 1.807) is 0 Å². The van der Waals surface area contributed by atoms with Gasteiger partial charge < -0.3 is 0 Å². The highest BCUT2D eigenvalue weighted by Gasteiger charge is 2.02. The molecular weight excluding hydrogens is 224 g/mol. The van der Waals surface area contributed by atoms with Gasteiger partial charge in [-0.1, -0.05) is 40.5 Å². The second-order valence-corrected chi connectivity index (χ2v) is 3.92. The molecule has 0 aliphatic carbocycles. The Bertz CT molecular complexity index is 235. The van der Waals surface area contributed by atoms with Gasteiger partial charge >= 0.3 is 0 Å². The van der Waals surface area contributed by atoms with E-state index in [4.69, 9.17) is 0 Å². The SMILES string of the molecule is O=C(CSBr)c1ccccc1. The van der Waals surface area contributed by atoms with Gasteiger partial charge in [0, 0.05) is 5.56 Å². The van der Waals surface area contributed by atoms with Crippen molar-refractivity contribution in [3.8, 4) is 0 Å². The summed E-state index contributed by atoms with van der Waals surface area (Å²) in [7, 11) is 1.37. The molecule has 0 saturated carbocycles. The molecule has 0 unspecified atom stereocenters. The molecule has 1 aromatic carbocycles.